The number of nitrogens with zero attached hydrogens (tertiary/aromatic N) is 1. The maximum atomic E-state index is 11.5. The standard InChI is InChI=1S/C14H24N2O2S/c1-13(14-7-5-4-6-8-14)9-10-15-11-12-19(17,18)16(2)3/h4-8,13,15H,9-12H2,1-3H3. The van der Waals surface area contributed by atoms with Crippen LogP contribution in [0, 0.1) is 0 Å². The van der Waals surface area contributed by atoms with Crippen molar-refractivity contribution in [2.24, 2.45) is 0 Å². The van der Waals surface area contributed by atoms with Gasteiger partial charge in [0.15, 0.2) is 0 Å². The predicted octanol–water partition coefficient (Wildman–Crippen LogP) is 1.66. The van der Waals surface area contributed by atoms with Gasteiger partial charge in [-0.1, -0.05) is 37.3 Å². The van der Waals surface area contributed by atoms with Gasteiger partial charge in [0.2, 0.25) is 10.0 Å². The van der Waals surface area contributed by atoms with Gasteiger partial charge in [-0.25, -0.2) is 12.7 Å². The summed E-state index contributed by atoms with van der Waals surface area (Å²) in [6.45, 7) is 3.52. The molecule has 0 aliphatic carbocycles. The fourth-order valence-electron chi connectivity index (χ4n) is 1.78. The van der Waals surface area contributed by atoms with Crippen molar-refractivity contribution in [3.63, 3.8) is 0 Å². The van der Waals surface area contributed by atoms with Gasteiger partial charge >= 0.3 is 0 Å². The molecule has 0 aliphatic rings. The van der Waals surface area contributed by atoms with Crippen LogP contribution in [0.2, 0.25) is 0 Å². The molecule has 0 aromatic heterocycles. The lowest BCUT2D eigenvalue weighted by Gasteiger charge is -2.14. The summed E-state index contributed by atoms with van der Waals surface area (Å²) in [5, 5.41) is 3.19. The average Bonchev–Trinajstić information content (AvgIpc) is 2.38. The van der Waals surface area contributed by atoms with E-state index in [1.54, 1.807) is 14.1 Å². The second kappa shape index (κ2) is 7.62. The summed E-state index contributed by atoms with van der Waals surface area (Å²) in [5.41, 5.74) is 1.32. The van der Waals surface area contributed by atoms with Crippen molar-refractivity contribution in [1.29, 1.82) is 0 Å². The van der Waals surface area contributed by atoms with Crippen LogP contribution in [0.15, 0.2) is 30.3 Å². The van der Waals surface area contributed by atoms with Crippen LogP contribution in [-0.4, -0.2) is 45.7 Å². The lowest BCUT2D eigenvalue weighted by molar-refractivity contribution is 0.516. The Balaban J connectivity index is 2.22. The van der Waals surface area contributed by atoms with Crippen molar-refractivity contribution < 1.29 is 8.42 Å². The summed E-state index contributed by atoms with van der Waals surface area (Å²) in [7, 11) is 0.0444. The molecule has 0 bridgehead atoms. The normalized spacial score (nSPS) is 13.7. The van der Waals surface area contributed by atoms with E-state index in [4.69, 9.17) is 0 Å². The Bertz CT molecular complexity index is 458. The SMILES string of the molecule is CC(CCNCCS(=O)(=O)N(C)C)c1ccccc1. The zero-order valence-electron chi connectivity index (χ0n) is 12.0. The monoisotopic (exact) mass is 284 g/mol. The van der Waals surface area contributed by atoms with E-state index < -0.39 is 10.0 Å². The van der Waals surface area contributed by atoms with Gasteiger partial charge in [-0.2, -0.15) is 0 Å². The molecule has 0 aliphatic heterocycles. The van der Waals surface area contributed by atoms with Gasteiger partial charge in [-0.15, -0.1) is 0 Å². The smallest absolute Gasteiger partial charge is 0.214 e. The highest BCUT2D eigenvalue weighted by Crippen LogP contribution is 2.17. The van der Waals surface area contributed by atoms with Gasteiger partial charge in [0.1, 0.15) is 0 Å². The molecule has 0 amide bonds. The van der Waals surface area contributed by atoms with E-state index in [1.165, 1.54) is 9.87 Å². The van der Waals surface area contributed by atoms with Gasteiger partial charge in [0, 0.05) is 20.6 Å². The molecule has 5 heteroatoms. The lowest BCUT2D eigenvalue weighted by Crippen LogP contribution is -2.31. The minimum Gasteiger partial charge on any atom is -0.316 e. The lowest BCUT2D eigenvalue weighted by atomic mass is 9.98. The zero-order chi connectivity index (χ0) is 14.3. The Morgan fingerprint density at radius 3 is 2.37 bits per heavy atom. The van der Waals surface area contributed by atoms with Gasteiger partial charge in [-0.05, 0) is 24.4 Å². The second-order valence-electron chi connectivity index (χ2n) is 4.95. The van der Waals surface area contributed by atoms with Crippen molar-refractivity contribution in [1.82, 2.24) is 9.62 Å². The highest BCUT2D eigenvalue weighted by atomic mass is 32.2. The quantitative estimate of drug-likeness (QED) is 0.739. The van der Waals surface area contributed by atoms with E-state index in [1.807, 2.05) is 18.2 Å². The Labute approximate surface area is 116 Å². The van der Waals surface area contributed by atoms with Crippen molar-refractivity contribution in [3.05, 3.63) is 35.9 Å². The Morgan fingerprint density at radius 2 is 1.79 bits per heavy atom. The molecule has 1 atom stereocenters. The molecular weight excluding hydrogens is 260 g/mol. The topological polar surface area (TPSA) is 49.4 Å². The summed E-state index contributed by atoms with van der Waals surface area (Å²) in [6, 6.07) is 10.4. The number of hydrogen-bond donors (Lipinski definition) is 1. The van der Waals surface area contributed by atoms with Crippen molar-refractivity contribution in [2.75, 3.05) is 32.9 Å². The first-order valence-electron chi connectivity index (χ1n) is 6.59. The van der Waals surface area contributed by atoms with E-state index in [0.29, 0.717) is 12.5 Å². The van der Waals surface area contributed by atoms with Crippen molar-refractivity contribution in [2.45, 2.75) is 19.3 Å². The molecule has 0 spiro atoms. The average molecular weight is 284 g/mol. The Hall–Kier alpha value is -0.910. The van der Waals surface area contributed by atoms with Gasteiger partial charge in [-0.3, -0.25) is 0 Å². The summed E-state index contributed by atoms with van der Waals surface area (Å²) in [4.78, 5) is 0. The number of benzene rings is 1. The molecule has 108 valence electrons. The Kier molecular flexibility index (Phi) is 6.48. The molecule has 0 radical (unpaired) electrons. The summed E-state index contributed by atoms with van der Waals surface area (Å²) < 4.78 is 24.3. The third-order valence-corrected chi connectivity index (χ3v) is 5.05. The number of hydrogen-bond acceptors (Lipinski definition) is 3. The van der Waals surface area contributed by atoms with Crippen molar-refractivity contribution >= 4 is 10.0 Å². The van der Waals surface area contributed by atoms with Crippen LogP contribution < -0.4 is 5.32 Å². The molecule has 0 fully saturated rings. The maximum absolute atomic E-state index is 11.5. The highest BCUT2D eigenvalue weighted by Gasteiger charge is 2.12. The van der Waals surface area contributed by atoms with Crippen LogP contribution in [0.1, 0.15) is 24.8 Å². The molecule has 4 nitrogen and oxygen atoms in total. The molecule has 1 unspecified atom stereocenters. The molecule has 0 saturated heterocycles. The number of rotatable bonds is 8. The van der Waals surface area contributed by atoms with Crippen LogP contribution in [0.4, 0.5) is 0 Å². The minimum atomic E-state index is -3.08. The van der Waals surface area contributed by atoms with E-state index in [2.05, 4.69) is 24.4 Å². The fraction of sp³-hybridized carbons (Fsp3) is 0.571. The molecule has 0 heterocycles. The zero-order valence-corrected chi connectivity index (χ0v) is 12.8. The summed E-state index contributed by atoms with van der Waals surface area (Å²) in [6.07, 6.45) is 1.01. The minimum absolute atomic E-state index is 0.152. The third-order valence-electron chi connectivity index (χ3n) is 3.22. The van der Waals surface area contributed by atoms with Crippen LogP contribution in [-0.2, 0) is 10.0 Å². The molecule has 19 heavy (non-hydrogen) atoms. The van der Waals surface area contributed by atoms with E-state index >= 15 is 0 Å². The van der Waals surface area contributed by atoms with Crippen LogP contribution in [0.3, 0.4) is 0 Å². The molecular formula is C14H24N2O2S. The van der Waals surface area contributed by atoms with Crippen molar-refractivity contribution in [3.8, 4) is 0 Å². The first-order chi connectivity index (χ1) is 8.93. The first kappa shape index (κ1) is 16.1. The van der Waals surface area contributed by atoms with Crippen LogP contribution in [0.5, 0.6) is 0 Å². The van der Waals surface area contributed by atoms with E-state index in [-0.39, 0.29) is 5.75 Å². The largest absolute Gasteiger partial charge is 0.316 e. The molecule has 0 saturated carbocycles. The van der Waals surface area contributed by atoms with Gasteiger partial charge in [0.05, 0.1) is 5.75 Å². The fourth-order valence-corrected chi connectivity index (χ4v) is 2.54. The summed E-state index contributed by atoms with van der Waals surface area (Å²) >= 11 is 0. The van der Waals surface area contributed by atoms with Crippen LogP contribution in [0.25, 0.3) is 0 Å². The molecule has 1 aromatic rings. The molecule has 1 rings (SSSR count). The molecule has 1 N–H and O–H groups in total. The molecule has 1 aromatic carbocycles. The van der Waals surface area contributed by atoms with Gasteiger partial charge < -0.3 is 5.32 Å². The first-order valence-corrected chi connectivity index (χ1v) is 8.20. The predicted molar refractivity (Wildman–Crippen MR) is 79.8 cm³/mol. The summed E-state index contributed by atoms with van der Waals surface area (Å²) in [5.74, 6) is 0.638. The number of nitrogens with one attached hydrogen (secondary N) is 1. The maximum Gasteiger partial charge on any atom is 0.214 e. The van der Waals surface area contributed by atoms with E-state index in [0.717, 1.165) is 13.0 Å². The second-order valence-corrected chi connectivity index (χ2v) is 7.25. The Morgan fingerprint density at radius 1 is 1.16 bits per heavy atom. The van der Waals surface area contributed by atoms with Gasteiger partial charge in [0.25, 0.3) is 0 Å². The van der Waals surface area contributed by atoms with E-state index in [9.17, 15) is 8.42 Å². The highest BCUT2D eigenvalue weighted by molar-refractivity contribution is 7.89. The third kappa shape index (κ3) is 5.72. The number of sulfonamides is 1. The van der Waals surface area contributed by atoms with Crippen LogP contribution >= 0.6 is 0 Å².